The first-order valence-corrected chi connectivity index (χ1v) is 15.6. The van der Waals surface area contributed by atoms with Gasteiger partial charge in [0.2, 0.25) is 17.7 Å². The van der Waals surface area contributed by atoms with E-state index >= 15 is 0 Å². The largest absolute Gasteiger partial charge is 0.499 e. The van der Waals surface area contributed by atoms with Crippen LogP contribution in [0, 0.1) is 0 Å². The Hall–Kier alpha value is -5.27. The van der Waals surface area contributed by atoms with E-state index in [1.807, 2.05) is 12.1 Å². The Morgan fingerprint density at radius 2 is 1.96 bits per heavy atom. The van der Waals surface area contributed by atoms with Gasteiger partial charge < -0.3 is 20.7 Å². The molecule has 2 fully saturated rings. The second-order valence-electron chi connectivity index (χ2n) is 11.6. The van der Waals surface area contributed by atoms with E-state index in [1.165, 1.54) is 18.4 Å². The lowest BCUT2D eigenvalue weighted by Gasteiger charge is -2.27. The lowest BCUT2D eigenvalue weighted by Crippen LogP contribution is -2.54. The maximum absolute atomic E-state index is 13.2. The van der Waals surface area contributed by atoms with Crippen molar-refractivity contribution in [2.75, 3.05) is 23.8 Å². The van der Waals surface area contributed by atoms with Crippen molar-refractivity contribution in [2.24, 2.45) is 0 Å². The number of hydrogen-bond donors (Lipinski definition) is 4. The number of carbonyl (C=O) groups is 5. The van der Waals surface area contributed by atoms with Gasteiger partial charge in [-0.1, -0.05) is 19.4 Å². The normalized spacial score (nSPS) is 21.2. The number of imide groups is 2. The van der Waals surface area contributed by atoms with Gasteiger partial charge in [0.25, 0.3) is 11.8 Å². The van der Waals surface area contributed by atoms with E-state index in [9.17, 15) is 24.0 Å². The van der Waals surface area contributed by atoms with Gasteiger partial charge in [0.05, 0.1) is 23.6 Å². The van der Waals surface area contributed by atoms with Crippen LogP contribution in [0.4, 0.5) is 11.5 Å². The van der Waals surface area contributed by atoms with E-state index in [4.69, 9.17) is 4.74 Å². The fourth-order valence-corrected chi connectivity index (χ4v) is 6.24. The first-order valence-electron chi connectivity index (χ1n) is 15.6. The first kappa shape index (κ1) is 30.7. The molecule has 1 unspecified atom stereocenters. The second-order valence-corrected chi connectivity index (χ2v) is 11.6. The molecule has 3 atom stereocenters. The fraction of sp³-hybridized carbons (Fsp3) is 0.406. The number of fused-ring (bicyclic) bond motifs is 2. The molecule has 3 aromatic rings. The minimum Gasteiger partial charge on any atom is -0.499 e. The van der Waals surface area contributed by atoms with Crippen molar-refractivity contribution in [3.05, 3.63) is 65.7 Å². The summed E-state index contributed by atoms with van der Waals surface area (Å²) in [6.45, 7) is 2.60. The summed E-state index contributed by atoms with van der Waals surface area (Å²) >= 11 is 0. The zero-order valence-electron chi connectivity index (χ0n) is 25.5. The number of amides is 5. The Morgan fingerprint density at radius 3 is 2.78 bits per heavy atom. The molecule has 240 valence electrons. The lowest BCUT2D eigenvalue weighted by atomic mass is 10.0. The number of ether oxygens (including phenoxy) is 1. The summed E-state index contributed by atoms with van der Waals surface area (Å²) in [4.78, 5) is 68.1. The molecular formula is C32H36N8O6. The maximum atomic E-state index is 13.2. The van der Waals surface area contributed by atoms with Crippen LogP contribution >= 0.6 is 0 Å². The standard InChI is InChI=1S/C32H36N8O6/c1-2-4-19-18-26(40-25(35-19)11-13-34-40)36-20-7-8-21(17-20)37-28(42)12-15-46-16-14-33-23-6-3-5-22-29(23)32(45)39(31(22)44)24-9-10-27(41)38-30(24)43/h3,5-6,11-13,15,18,20-21,24,33,36H,2,4,7-10,14,16-17H2,1H3,(H,37,42)(H,38,41,43)/t20-,21-,24?/m1/s1. The fourth-order valence-electron chi connectivity index (χ4n) is 6.24. The Balaban J connectivity index is 0.948. The highest BCUT2D eigenvalue weighted by Gasteiger charge is 2.45. The van der Waals surface area contributed by atoms with Gasteiger partial charge in [-0.2, -0.15) is 9.61 Å². The van der Waals surface area contributed by atoms with Crippen molar-refractivity contribution >= 4 is 46.7 Å². The molecule has 4 N–H and O–H groups in total. The molecule has 4 heterocycles. The van der Waals surface area contributed by atoms with Gasteiger partial charge in [-0.15, -0.1) is 0 Å². The molecule has 14 heteroatoms. The zero-order chi connectivity index (χ0) is 32.2. The number of benzene rings is 1. The van der Waals surface area contributed by atoms with Crippen LogP contribution < -0.4 is 21.3 Å². The minimum atomic E-state index is -1.03. The van der Waals surface area contributed by atoms with Crippen molar-refractivity contribution in [2.45, 2.75) is 70.0 Å². The summed E-state index contributed by atoms with van der Waals surface area (Å²) in [5.74, 6) is -1.58. The summed E-state index contributed by atoms with van der Waals surface area (Å²) in [6.07, 6.45) is 8.99. The molecule has 0 bridgehead atoms. The predicted octanol–water partition coefficient (Wildman–Crippen LogP) is 2.17. The SMILES string of the molecule is CCCc1cc(N[C@@H]2CC[C@@H](NC(=O)C=COCCNc3cccc4c3C(=O)N(C3CCC(=O)NC3=O)C4=O)C2)n2nccc2n1. The van der Waals surface area contributed by atoms with Crippen LogP contribution in [-0.2, 0) is 25.5 Å². The third-order valence-corrected chi connectivity index (χ3v) is 8.37. The molecule has 0 radical (unpaired) electrons. The quantitative estimate of drug-likeness (QED) is 0.101. The number of aryl methyl sites for hydroxylation is 1. The average Bonchev–Trinajstić information content (AvgIpc) is 3.74. The van der Waals surface area contributed by atoms with Crippen LogP contribution in [0.2, 0.25) is 0 Å². The van der Waals surface area contributed by atoms with E-state index in [0.717, 1.165) is 54.2 Å². The Kier molecular flexibility index (Phi) is 8.94. The highest BCUT2D eigenvalue weighted by atomic mass is 16.5. The number of aromatic nitrogens is 3. The van der Waals surface area contributed by atoms with Crippen LogP contribution in [0.1, 0.15) is 71.9 Å². The molecule has 14 nitrogen and oxygen atoms in total. The molecule has 0 spiro atoms. The maximum Gasteiger partial charge on any atom is 0.264 e. The predicted molar refractivity (Wildman–Crippen MR) is 167 cm³/mol. The molecule has 46 heavy (non-hydrogen) atoms. The number of piperidine rings is 1. The highest BCUT2D eigenvalue weighted by molar-refractivity contribution is 6.25. The monoisotopic (exact) mass is 628 g/mol. The molecule has 6 rings (SSSR count). The van der Waals surface area contributed by atoms with Gasteiger partial charge in [-0.25, -0.2) is 4.98 Å². The molecule has 2 aliphatic heterocycles. The number of carbonyl (C=O) groups excluding carboxylic acids is 5. The third-order valence-electron chi connectivity index (χ3n) is 8.37. The van der Waals surface area contributed by atoms with Crippen molar-refractivity contribution in [3.63, 3.8) is 0 Å². The van der Waals surface area contributed by atoms with Crippen molar-refractivity contribution < 1.29 is 28.7 Å². The van der Waals surface area contributed by atoms with Crippen LogP contribution in [0.3, 0.4) is 0 Å². The summed E-state index contributed by atoms with van der Waals surface area (Å²) < 4.78 is 7.29. The van der Waals surface area contributed by atoms with Gasteiger partial charge in [0.15, 0.2) is 5.65 Å². The highest BCUT2D eigenvalue weighted by Crippen LogP contribution is 2.32. The molecule has 5 amide bonds. The van der Waals surface area contributed by atoms with Crippen LogP contribution in [0.25, 0.3) is 5.65 Å². The number of anilines is 2. The summed E-state index contributed by atoms with van der Waals surface area (Å²) in [5, 5.41) is 16.3. The van der Waals surface area contributed by atoms with Gasteiger partial charge in [-0.3, -0.25) is 34.2 Å². The van der Waals surface area contributed by atoms with Crippen molar-refractivity contribution in [1.82, 2.24) is 30.1 Å². The minimum absolute atomic E-state index is 0.0292. The molecule has 1 aromatic carbocycles. The van der Waals surface area contributed by atoms with Crippen molar-refractivity contribution in [1.29, 1.82) is 0 Å². The smallest absolute Gasteiger partial charge is 0.264 e. The number of rotatable bonds is 12. The van der Waals surface area contributed by atoms with Gasteiger partial charge in [0.1, 0.15) is 18.5 Å². The Morgan fingerprint density at radius 1 is 1.11 bits per heavy atom. The molecular weight excluding hydrogens is 592 g/mol. The van der Waals surface area contributed by atoms with E-state index in [-0.39, 0.29) is 55.1 Å². The first-order chi connectivity index (χ1) is 22.3. The summed E-state index contributed by atoms with van der Waals surface area (Å²) in [5.41, 5.74) is 2.63. The number of nitrogens with one attached hydrogen (secondary N) is 4. The molecule has 1 aliphatic carbocycles. The molecule has 1 saturated carbocycles. The van der Waals surface area contributed by atoms with Crippen LogP contribution in [0.5, 0.6) is 0 Å². The molecule has 1 saturated heterocycles. The number of hydrogen-bond acceptors (Lipinski definition) is 10. The van der Waals surface area contributed by atoms with E-state index in [2.05, 4.69) is 38.3 Å². The van der Waals surface area contributed by atoms with E-state index in [1.54, 1.807) is 22.8 Å². The van der Waals surface area contributed by atoms with Gasteiger partial charge in [0, 0.05) is 54.6 Å². The zero-order valence-corrected chi connectivity index (χ0v) is 25.5. The van der Waals surface area contributed by atoms with E-state index in [0.29, 0.717) is 5.69 Å². The lowest BCUT2D eigenvalue weighted by molar-refractivity contribution is -0.136. The van der Waals surface area contributed by atoms with Crippen molar-refractivity contribution in [3.8, 4) is 0 Å². The van der Waals surface area contributed by atoms with Gasteiger partial charge >= 0.3 is 0 Å². The van der Waals surface area contributed by atoms with Crippen LogP contribution in [-0.4, -0.2) is 80.3 Å². The molecule has 2 aromatic heterocycles. The average molecular weight is 629 g/mol. The van der Waals surface area contributed by atoms with Gasteiger partial charge in [-0.05, 0) is 44.2 Å². The molecule has 3 aliphatic rings. The second kappa shape index (κ2) is 13.4. The van der Waals surface area contributed by atoms with E-state index < -0.39 is 29.7 Å². The Labute approximate surface area is 264 Å². The van der Waals surface area contributed by atoms with Crippen LogP contribution in [0.15, 0.2) is 48.9 Å². The topological polar surface area (TPSA) is 176 Å². The summed E-state index contributed by atoms with van der Waals surface area (Å²) in [6, 6.07) is 7.98. The third kappa shape index (κ3) is 6.41. The summed E-state index contributed by atoms with van der Waals surface area (Å²) in [7, 11) is 0. The number of nitrogens with zero attached hydrogens (tertiary/aromatic N) is 4. The Bertz CT molecular complexity index is 1720.